The van der Waals surface area contributed by atoms with Crippen LogP contribution < -0.4 is 22.1 Å². The number of nitro benzene ring substituents is 1. The highest BCUT2D eigenvalue weighted by molar-refractivity contribution is 14.1. The summed E-state index contributed by atoms with van der Waals surface area (Å²) in [5.74, 6) is 2.52. The van der Waals surface area contributed by atoms with Crippen LogP contribution in [0.2, 0.25) is 20.6 Å². The Kier molecular flexibility index (Phi) is 28.6. The van der Waals surface area contributed by atoms with E-state index in [1.54, 1.807) is 73.7 Å². The molecule has 0 spiro atoms. The smallest absolute Gasteiger partial charge is 0.412 e. The molecule has 7 N–H and O–H groups in total. The summed E-state index contributed by atoms with van der Waals surface area (Å²) in [6, 6.07) is 70.9. The van der Waals surface area contributed by atoms with E-state index in [4.69, 9.17) is 67.3 Å². The highest BCUT2D eigenvalue weighted by Gasteiger charge is 2.21. The van der Waals surface area contributed by atoms with Crippen LogP contribution in [0.4, 0.5) is 38.0 Å². The van der Waals surface area contributed by atoms with Crippen molar-refractivity contribution in [3.8, 4) is 17.5 Å². The first-order valence-electron chi connectivity index (χ1n) is 40.9. The maximum absolute atomic E-state index is 12.2. The van der Waals surface area contributed by atoms with Crippen LogP contribution in [-0.4, -0.2) is 102 Å². The van der Waals surface area contributed by atoms with E-state index in [0.717, 1.165) is 121 Å². The lowest BCUT2D eigenvalue weighted by atomic mass is 10.1. The first-order chi connectivity index (χ1) is 63.7. The fourth-order valence-corrected chi connectivity index (χ4v) is 15.3. The Balaban J connectivity index is 0.000000118. The minimum absolute atomic E-state index is 0.0480. The van der Waals surface area contributed by atoms with Crippen LogP contribution in [0, 0.1) is 13.7 Å². The van der Waals surface area contributed by atoms with E-state index in [-0.39, 0.29) is 10.8 Å². The van der Waals surface area contributed by atoms with Crippen molar-refractivity contribution in [2.24, 2.45) is 0 Å². The van der Waals surface area contributed by atoms with Gasteiger partial charge in [-0.25, -0.2) is 44.5 Å². The molecule has 0 atom stereocenters. The van der Waals surface area contributed by atoms with Crippen LogP contribution in [-0.2, 0) is 9.47 Å². The van der Waals surface area contributed by atoms with Crippen LogP contribution in [0.5, 0.6) is 0 Å². The second-order valence-electron chi connectivity index (χ2n) is 31.5. The van der Waals surface area contributed by atoms with Gasteiger partial charge in [-0.15, -0.1) is 0 Å². The number of benzene rings is 7. The number of pyridine rings is 11. The lowest BCUT2D eigenvalue weighted by Gasteiger charge is -2.20. The van der Waals surface area contributed by atoms with E-state index in [9.17, 15) is 19.7 Å². The number of aromatic amines is 1. The van der Waals surface area contributed by atoms with Crippen LogP contribution in [0.15, 0.2) is 342 Å². The molecule has 0 radical (unpaired) electrons. The van der Waals surface area contributed by atoms with Crippen LogP contribution in [0.1, 0.15) is 41.5 Å². The molecule has 2 amide bonds. The number of amides is 2. The first kappa shape index (κ1) is 91.4. The Morgan fingerprint density at radius 1 is 0.371 bits per heavy atom. The van der Waals surface area contributed by atoms with Gasteiger partial charge in [0.25, 0.3) is 5.69 Å². The summed E-state index contributed by atoms with van der Waals surface area (Å²) in [4.78, 5) is 83.3. The summed E-state index contributed by atoms with van der Waals surface area (Å²) in [5, 5.41) is 35.9. The highest BCUT2D eigenvalue weighted by Crippen LogP contribution is 2.33. The van der Waals surface area contributed by atoms with Crippen molar-refractivity contribution in [3.05, 3.63) is 376 Å². The van der Waals surface area contributed by atoms with E-state index in [0.29, 0.717) is 37.6 Å². The molecule has 0 saturated carbocycles. The van der Waals surface area contributed by atoms with E-state index in [1.807, 2.05) is 264 Å². The summed E-state index contributed by atoms with van der Waals surface area (Å²) < 4.78 is 17.9. The van der Waals surface area contributed by atoms with Crippen molar-refractivity contribution in [3.63, 3.8) is 0 Å². The summed E-state index contributed by atoms with van der Waals surface area (Å²) >= 11 is 25.3. The number of nitrogens with two attached hydrogens (primary N) is 2. The summed E-state index contributed by atoms with van der Waals surface area (Å²) in [6.45, 7) is 11.0. The molecule has 15 aromatic heterocycles. The number of non-ortho nitro benzene ring substituents is 1. The second kappa shape index (κ2) is 41.4. The third-order valence-corrected chi connectivity index (χ3v) is 21.8. The number of fused-ring (bicyclic) bond motifs is 11. The van der Waals surface area contributed by atoms with Crippen molar-refractivity contribution in [2.45, 2.75) is 52.7 Å². The van der Waals surface area contributed by atoms with Gasteiger partial charge in [-0.1, -0.05) is 143 Å². The first-order valence-corrected chi connectivity index (χ1v) is 43.5. The molecular weight excluding hydrogens is 1860 g/mol. The fourth-order valence-electron chi connectivity index (χ4n) is 14.0. The number of nitrogen functional groups attached to an aromatic ring is 2. The lowest BCUT2D eigenvalue weighted by molar-refractivity contribution is -0.383. The average Bonchev–Trinajstić information content (AvgIpc) is 1.56. The third kappa shape index (κ3) is 23.0. The monoisotopic (exact) mass is 1940 g/mol. The second-order valence-corrected chi connectivity index (χ2v) is 34.2. The van der Waals surface area contributed by atoms with E-state index < -0.39 is 28.3 Å². The van der Waals surface area contributed by atoms with Gasteiger partial charge in [0.1, 0.15) is 49.3 Å². The molecule has 0 aliphatic heterocycles. The van der Waals surface area contributed by atoms with Crippen LogP contribution >= 0.6 is 69.0 Å². The molecule has 15 heterocycles. The topological polar surface area (TPSA) is 344 Å². The number of nitro groups is 1. The van der Waals surface area contributed by atoms with Gasteiger partial charge < -0.3 is 25.9 Å². The van der Waals surface area contributed by atoms with Crippen molar-refractivity contribution in [2.75, 3.05) is 22.1 Å². The molecule has 0 aliphatic rings. The molecule has 26 nitrogen and oxygen atoms in total. The Morgan fingerprint density at radius 2 is 0.720 bits per heavy atom. The van der Waals surface area contributed by atoms with Crippen molar-refractivity contribution in [1.82, 2.24) is 73.5 Å². The number of carbonyl (C=O) groups excluding carboxylic acids is 2. The van der Waals surface area contributed by atoms with Crippen LogP contribution in [0.25, 0.3) is 136 Å². The van der Waals surface area contributed by atoms with E-state index in [2.05, 4.69) is 134 Å². The standard InChI is InChI=1S/C21H20N4O2.C16H10IN3.C16H12N4.C14H15ClN2O2.C9H5ClN2O2.C9H7ClN2.C9H6ClN.C7H6N2/c1-21(2,3)27-20(26)24-17-6-4-5-15-12-23-19(11-16(15)17)25-10-8-14-7-9-22-13-18(14)25;2*17-14-3-1-2-12-9-19-16(8-13(12)14)20-7-5-11-4-6-18-10-15(11)20;1-14(2,3)19-13(18)17-11-6-4-5-9-8-16-12(15)7-10(9)11;10-9-4-7-6(5-11-9)2-1-3-8(7)12(13)14;10-9-4-7-6(5-12-9)2-1-3-8(7)11;10-9-5-7-3-1-2-4-8(7)6-11-9;1-3-8-5-7-6(1)2-4-9-7/h4-13H,1-3H3,(H,24,26);1-10H;1-10H,17H2;4-8H,1-3H3,(H,17,18);1-5H;1-5H,11H2;1-6H;1-5,9H. The Morgan fingerprint density at radius 3 is 1.19 bits per heavy atom. The van der Waals surface area contributed by atoms with Gasteiger partial charge in [0.05, 0.1) is 68.5 Å². The summed E-state index contributed by atoms with van der Waals surface area (Å²) in [7, 11) is 0. The summed E-state index contributed by atoms with van der Waals surface area (Å²) in [5.41, 5.74) is 17.7. The minimum atomic E-state index is -0.557. The quantitative estimate of drug-likeness (QED) is 0.0339. The predicted octanol–water partition coefficient (Wildman–Crippen LogP) is 26.2. The highest BCUT2D eigenvalue weighted by atomic mass is 127. The molecule has 0 unspecified atom stereocenters. The number of nitrogens with zero attached hydrogens (tertiary/aromatic N) is 15. The molecule has 0 saturated heterocycles. The maximum Gasteiger partial charge on any atom is 0.412 e. The number of H-pyrrole nitrogens is 1. The normalized spacial score (nSPS) is 11.0. The Hall–Kier alpha value is -15.4. The van der Waals surface area contributed by atoms with Gasteiger partial charge in [-0.2, -0.15) is 0 Å². The zero-order valence-electron chi connectivity index (χ0n) is 71.5. The average molecular weight is 1940 g/mol. The molecule has 7 aromatic carbocycles. The van der Waals surface area contributed by atoms with Gasteiger partial charge in [-0.05, 0) is 191 Å². The Bertz CT molecular complexity index is 7780. The van der Waals surface area contributed by atoms with Crippen molar-refractivity contribution < 1.29 is 24.0 Å². The molecule has 0 bridgehead atoms. The fraction of sp³-hybridized carbons (Fsp3) is 0.0792. The number of nitrogens with one attached hydrogen (secondary N) is 3. The molecule has 0 fully saturated rings. The number of aromatic nitrogens is 15. The van der Waals surface area contributed by atoms with Gasteiger partial charge in [0.2, 0.25) is 0 Å². The largest absolute Gasteiger partial charge is 0.444 e. The zero-order valence-corrected chi connectivity index (χ0v) is 76.7. The Labute approximate surface area is 789 Å². The SMILES string of the molecule is CC(C)(C)OC(=O)Nc1cccc2cnc(-n3ccc4ccncc43)cc12.CC(C)(C)OC(=O)Nc1cccc2cnc(Cl)cc12.Clc1cc2ccccc2cn1.Ic1cccc2cnc(-n3ccc4ccncc43)cc12.Nc1cccc2cnc(-n3ccc4ccncc43)cc12.Nc1cccc2cnc(Cl)cc12.O=[N+]([O-])c1cccc2cnc(Cl)cc12.c1cc2cc[nH]c2cn1. The lowest BCUT2D eigenvalue weighted by Crippen LogP contribution is -2.27. The van der Waals surface area contributed by atoms with Crippen LogP contribution in [0.3, 0.4) is 0 Å². The zero-order chi connectivity index (χ0) is 92.6. The molecule has 22 aromatic rings. The number of ether oxygens (including phenoxy) is 2. The van der Waals surface area contributed by atoms with Crippen molar-refractivity contribution >= 4 is 229 Å². The molecular formula is C101H81Cl4IN20O6. The molecule has 31 heteroatoms. The molecule has 0 aliphatic carbocycles. The van der Waals surface area contributed by atoms with E-state index in [1.165, 1.54) is 38.1 Å². The number of carbonyl (C=O) groups is 2. The van der Waals surface area contributed by atoms with Gasteiger partial charge in [-0.3, -0.25) is 54.4 Å². The number of anilines is 4. The molecule has 132 heavy (non-hydrogen) atoms. The molecule has 656 valence electrons. The number of rotatable bonds is 6. The third-order valence-electron chi connectivity index (χ3n) is 20.1. The van der Waals surface area contributed by atoms with E-state index >= 15 is 0 Å². The van der Waals surface area contributed by atoms with Gasteiger partial charge in [0, 0.05) is 200 Å². The van der Waals surface area contributed by atoms with Gasteiger partial charge in [0.15, 0.2) is 0 Å². The van der Waals surface area contributed by atoms with Crippen molar-refractivity contribution in [1.29, 1.82) is 0 Å². The predicted molar refractivity (Wildman–Crippen MR) is 540 cm³/mol. The number of hydrogen-bond acceptors (Lipinski definition) is 19. The minimum Gasteiger partial charge on any atom is -0.444 e. The summed E-state index contributed by atoms with van der Waals surface area (Å²) in [6.07, 6.45) is 33.7. The number of halogens is 5. The maximum atomic E-state index is 12.2. The molecule has 22 rings (SSSR count). The number of hydrogen-bond donors (Lipinski definition) is 5. The van der Waals surface area contributed by atoms with Gasteiger partial charge >= 0.3 is 12.2 Å².